The molecule has 0 spiro atoms. The van der Waals surface area contributed by atoms with Gasteiger partial charge in [-0.15, -0.1) is 0 Å². The number of carbonyl (C=O) groups excluding carboxylic acids is 1. The van der Waals surface area contributed by atoms with Crippen molar-refractivity contribution in [1.82, 2.24) is 9.78 Å². The van der Waals surface area contributed by atoms with Gasteiger partial charge in [0.25, 0.3) is 0 Å². The zero-order valence-corrected chi connectivity index (χ0v) is 12.8. The summed E-state index contributed by atoms with van der Waals surface area (Å²) in [5.74, 6) is -0.400. The number of benzene rings is 1. The molecule has 2 aromatic rings. The van der Waals surface area contributed by atoms with Crippen molar-refractivity contribution in [2.45, 2.75) is 25.9 Å². The Kier molecular flexibility index (Phi) is 4.79. The normalized spacial score (nSPS) is 12.1. The zero-order valence-electron chi connectivity index (χ0n) is 11.2. The molecule has 6 heteroatoms. The fourth-order valence-electron chi connectivity index (χ4n) is 1.99. The van der Waals surface area contributed by atoms with Gasteiger partial charge in [-0.05, 0) is 31.0 Å². The number of nitrogens with zero attached hydrogens (tertiary/aromatic N) is 2. The van der Waals surface area contributed by atoms with Crippen molar-refractivity contribution in [2.75, 3.05) is 5.32 Å². The number of hydrogen-bond donors (Lipinski definition) is 2. The molecular formula is C14H17BrN4O. The largest absolute Gasteiger partial charge is 0.380 e. The first kappa shape index (κ1) is 14.6. The van der Waals surface area contributed by atoms with Crippen molar-refractivity contribution in [3.8, 4) is 0 Å². The van der Waals surface area contributed by atoms with E-state index in [1.165, 1.54) is 10.2 Å². The summed E-state index contributed by atoms with van der Waals surface area (Å²) in [5.41, 5.74) is 7.27. The Hall–Kier alpha value is -1.82. The first-order valence-corrected chi connectivity index (χ1v) is 7.14. The maximum atomic E-state index is 10.8. The van der Waals surface area contributed by atoms with Crippen LogP contribution in [0.25, 0.3) is 0 Å². The Bertz CT molecular complexity index is 579. The fraction of sp³-hybridized carbons (Fsp3) is 0.286. The van der Waals surface area contributed by atoms with Gasteiger partial charge in [-0.2, -0.15) is 5.10 Å². The van der Waals surface area contributed by atoms with Crippen LogP contribution in [0.3, 0.4) is 0 Å². The van der Waals surface area contributed by atoms with Crippen LogP contribution in [-0.2, 0) is 17.8 Å². The van der Waals surface area contributed by atoms with Crippen LogP contribution in [0.4, 0.5) is 5.69 Å². The van der Waals surface area contributed by atoms with Crippen molar-refractivity contribution in [2.24, 2.45) is 5.73 Å². The van der Waals surface area contributed by atoms with E-state index in [2.05, 4.69) is 45.4 Å². The van der Waals surface area contributed by atoms with Crippen molar-refractivity contribution >= 4 is 27.5 Å². The summed E-state index contributed by atoms with van der Waals surface area (Å²) in [5, 5.41) is 7.43. The van der Waals surface area contributed by atoms with Crippen LogP contribution in [0, 0.1) is 0 Å². The molecule has 1 amide bonds. The lowest BCUT2D eigenvalue weighted by Crippen LogP contribution is -2.19. The molecule has 0 radical (unpaired) electrons. The molecule has 20 heavy (non-hydrogen) atoms. The Balaban J connectivity index is 1.90. The van der Waals surface area contributed by atoms with E-state index in [1.54, 1.807) is 12.4 Å². The maximum absolute atomic E-state index is 10.8. The lowest BCUT2D eigenvalue weighted by molar-refractivity contribution is -0.118. The molecule has 0 saturated carbocycles. The first-order valence-electron chi connectivity index (χ1n) is 6.34. The molecule has 1 atom stereocenters. The molecule has 2 rings (SSSR count). The van der Waals surface area contributed by atoms with Gasteiger partial charge in [0.1, 0.15) is 6.54 Å². The van der Waals surface area contributed by atoms with Crippen LogP contribution < -0.4 is 11.1 Å². The summed E-state index contributed by atoms with van der Waals surface area (Å²) >= 11 is 3.42. The molecule has 0 saturated heterocycles. The lowest BCUT2D eigenvalue weighted by atomic mass is 10.1. The number of primary amides is 1. The Morgan fingerprint density at radius 1 is 1.45 bits per heavy atom. The third-order valence-electron chi connectivity index (χ3n) is 2.82. The summed E-state index contributed by atoms with van der Waals surface area (Å²) in [6.07, 6.45) is 4.39. The van der Waals surface area contributed by atoms with Crippen LogP contribution in [0.15, 0.2) is 41.1 Å². The predicted octanol–water partition coefficient (Wildman–Crippen LogP) is 2.17. The molecule has 0 aliphatic rings. The number of anilines is 1. The molecule has 0 fully saturated rings. The van der Waals surface area contributed by atoms with Crippen LogP contribution in [-0.4, -0.2) is 21.7 Å². The van der Waals surface area contributed by atoms with Gasteiger partial charge < -0.3 is 11.1 Å². The van der Waals surface area contributed by atoms with Gasteiger partial charge in [-0.3, -0.25) is 9.48 Å². The number of rotatable bonds is 6. The van der Waals surface area contributed by atoms with Crippen LogP contribution in [0.5, 0.6) is 0 Å². The van der Waals surface area contributed by atoms with Crippen LogP contribution in [0.1, 0.15) is 12.5 Å². The number of halogens is 1. The van der Waals surface area contributed by atoms with Gasteiger partial charge in [0, 0.05) is 16.7 Å². The van der Waals surface area contributed by atoms with Gasteiger partial charge in [-0.25, -0.2) is 0 Å². The number of carbonyl (C=O) groups is 1. The van der Waals surface area contributed by atoms with E-state index in [9.17, 15) is 4.79 Å². The third kappa shape index (κ3) is 4.38. The first-order chi connectivity index (χ1) is 9.52. The zero-order chi connectivity index (χ0) is 14.5. The van der Waals surface area contributed by atoms with Crippen molar-refractivity contribution in [1.29, 1.82) is 0 Å². The summed E-state index contributed by atoms with van der Waals surface area (Å²) in [6.45, 7) is 2.20. The highest BCUT2D eigenvalue weighted by molar-refractivity contribution is 9.10. The van der Waals surface area contributed by atoms with Gasteiger partial charge in [-0.1, -0.05) is 28.1 Å². The van der Waals surface area contributed by atoms with E-state index in [0.29, 0.717) is 0 Å². The minimum atomic E-state index is -0.400. The highest BCUT2D eigenvalue weighted by atomic mass is 79.9. The second kappa shape index (κ2) is 6.56. The average Bonchev–Trinajstić information content (AvgIpc) is 2.78. The van der Waals surface area contributed by atoms with Crippen LogP contribution >= 0.6 is 15.9 Å². The summed E-state index contributed by atoms with van der Waals surface area (Å²) in [6, 6.07) is 8.53. The summed E-state index contributed by atoms with van der Waals surface area (Å²) in [7, 11) is 0. The second-order valence-electron chi connectivity index (χ2n) is 4.77. The molecule has 5 nitrogen and oxygen atoms in total. The quantitative estimate of drug-likeness (QED) is 0.849. The Labute approximate surface area is 126 Å². The molecule has 0 aliphatic carbocycles. The monoisotopic (exact) mass is 336 g/mol. The van der Waals surface area contributed by atoms with Gasteiger partial charge >= 0.3 is 0 Å². The smallest absolute Gasteiger partial charge is 0.239 e. The lowest BCUT2D eigenvalue weighted by Gasteiger charge is -2.13. The van der Waals surface area contributed by atoms with Gasteiger partial charge in [0.2, 0.25) is 5.91 Å². The highest BCUT2D eigenvalue weighted by Gasteiger charge is 2.06. The van der Waals surface area contributed by atoms with E-state index < -0.39 is 5.91 Å². The second-order valence-corrected chi connectivity index (χ2v) is 5.68. The summed E-state index contributed by atoms with van der Waals surface area (Å²) < 4.78 is 2.60. The Morgan fingerprint density at radius 2 is 2.15 bits per heavy atom. The molecule has 0 bridgehead atoms. The number of hydrogen-bond acceptors (Lipinski definition) is 3. The van der Waals surface area contributed by atoms with Crippen molar-refractivity contribution in [3.05, 3.63) is 46.7 Å². The van der Waals surface area contributed by atoms with Gasteiger partial charge in [0.05, 0.1) is 11.9 Å². The highest BCUT2D eigenvalue weighted by Crippen LogP contribution is 2.14. The molecule has 1 aromatic carbocycles. The summed E-state index contributed by atoms with van der Waals surface area (Å²) in [4.78, 5) is 10.8. The number of nitrogens with two attached hydrogens (primary N) is 1. The Morgan fingerprint density at radius 3 is 2.80 bits per heavy atom. The van der Waals surface area contributed by atoms with E-state index >= 15 is 0 Å². The van der Waals surface area contributed by atoms with Gasteiger partial charge in [0.15, 0.2) is 0 Å². The third-order valence-corrected chi connectivity index (χ3v) is 3.35. The molecule has 1 unspecified atom stereocenters. The molecule has 1 aromatic heterocycles. The topological polar surface area (TPSA) is 72.9 Å². The maximum Gasteiger partial charge on any atom is 0.239 e. The van der Waals surface area contributed by atoms with Crippen molar-refractivity contribution < 1.29 is 4.79 Å². The van der Waals surface area contributed by atoms with E-state index in [-0.39, 0.29) is 12.6 Å². The number of amides is 1. The molecule has 3 N–H and O–H groups in total. The van der Waals surface area contributed by atoms with E-state index in [0.717, 1.165) is 16.6 Å². The molecular weight excluding hydrogens is 320 g/mol. The number of aromatic nitrogens is 2. The van der Waals surface area contributed by atoms with Crippen molar-refractivity contribution in [3.63, 3.8) is 0 Å². The standard InChI is InChI=1S/C14H17BrN4O/c1-10(6-11-2-4-12(15)5-3-11)18-13-7-17-19(8-13)9-14(16)20/h2-5,7-8,10,18H,6,9H2,1H3,(H2,16,20). The number of nitrogens with one attached hydrogen (secondary N) is 1. The fourth-order valence-corrected chi connectivity index (χ4v) is 2.26. The molecule has 1 heterocycles. The van der Waals surface area contributed by atoms with E-state index in [4.69, 9.17) is 5.73 Å². The minimum Gasteiger partial charge on any atom is -0.380 e. The predicted molar refractivity (Wildman–Crippen MR) is 82.4 cm³/mol. The molecule has 106 valence electrons. The van der Waals surface area contributed by atoms with Crippen LogP contribution in [0.2, 0.25) is 0 Å². The van der Waals surface area contributed by atoms with E-state index in [1.807, 2.05) is 12.1 Å². The minimum absolute atomic E-state index is 0.1000. The SMILES string of the molecule is CC(Cc1ccc(Br)cc1)Nc1cnn(CC(N)=O)c1. The average molecular weight is 337 g/mol. The molecule has 0 aliphatic heterocycles.